The fraction of sp³-hybridized carbons (Fsp3) is 0.695. The number of esters is 3. The van der Waals surface area contributed by atoms with Crippen LogP contribution in [0.4, 0.5) is 0 Å². The van der Waals surface area contributed by atoms with Crippen LogP contribution in [0.2, 0.25) is 0 Å². The third-order valence-electron chi connectivity index (χ3n) is 18.7. The van der Waals surface area contributed by atoms with Gasteiger partial charge in [0.15, 0.2) is 6.10 Å². The van der Waals surface area contributed by atoms with Gasteiger partial charge in [0.05, 0.1) is 26.4 Å². The number of hydrogen-bond donors (Lipinski definition) is 4. The number of phosphoric ester groups is 2. The summed E-state index contributed by atoms with van der Waals surface area (Å²) in [7, 11) is -9.83. The average Bonchev–Trinajstić information content (AvgIpc) is 0.902. The molecule has 0 heterocycles. The number of unbranched alkanes of at least 4 members (excludes halogenated alkanes) is 35. The Morgan fingerprint density at radius 1 is 0.257 bits per heavy atom. The quantitative estimate of drug-likeness (QED) is 0.0146. The summed E-state index contributed by atoms with van der Waals surface area (Å²) in [4.78, 5) is 58.8. The lowest BCUT2D eigenvalue weighted by Crippen LogP contribution is -2.30. The molecule has 0 fully saturated rings. The molecule has 0 rings (SSSR count). The summed E-state index contributed by atoms with van der Waals surface area (Å²) < 4.78 is 61.3. The SMILES string of the molecule is CC/C=C\C/C=C\C/C=C\C/C=C\C/C=C\CCCC(=O)OC(COC(=O)CCCCCCCCCCC/C=C\C/C=C\C/C=C\C/C=C\CCCCC)COP(=O)(O)OCC(O)COP(=O)(O)OCC(O)COC(=O)CCCCCCCCCCCCCCCCCCCCC/C=C\C/C=C\C/C=C\C/C=C\CCCCC. The molecule has 0 saturated carbocycles. The van der Waals surface area contributed by atoms with Crippen LogP contribution in [0.1, 0.15) is 367 Å². The van der Waals surface area contributed by atoms with Crippen molar-refractivity contribution in [1.82, 2.24) is 0 Å². The molecule has 0 bridgehead atoms. The second kappa shape index (κ2) is 86.5. The second-order valence-corrected chi connectivity index (χ2v) is 32.6. The molecule has 0 aliphatic rings. The van der Waals surface area contributed by atoms with Gasteiger partial charge in [0.2, 0.25) is 0 Å². The first-order chi connectivity index (χ1) is 55.2. The van der Waals surface area contributed by atoms with Crippen LogP contribution in [0.5, 0.6) is 0 Å². The normalized spacial score (nSPS) is 14.6. The van der Waals surface area contributed by atoms with E-state index in [9.17, 15) is 43.5 Å². The summed E-state index contributed by atoms with van der Waals surface area (Å²) in [5.41, 5.74) is 0. The van der Waals surface area contributed by atoms with E-state index in [-0.39, 0.29) is 19.3 Å². The molecule has 0 aliphatic heterocycles. The summed E-state index contributed by atoms with van der Waals surface area (Å²) >= 11 is 0. The van der Waals surface area contributed by atoms with Crippen molar-refractivity contribution in [2.75, 3.05) is 39.6 Å². The molecule has 4 N–H and O–H groups in total. The van der Waals surface area contributed by atoms with Gasteiger partial charge in [-0.1, -0.05) is 359 Å². The predicted octanol–water partition coefficient (Wildman–Crippen LogP) is 27.3. The Morgan fingerprint density at radius 3 is 0.770 bits per heavy atom. The van der Waals surface area contributed by atoms with Crippen LogP contribution >= 0.6 is 15.6 Å². The lowest BCUT2D eigenvalue weighted by Gasteiger charge is -2.21. The minimum Gasteiger partial charge on any atom is -0.463 e. The number of ether oxygens (including phenoxy) is 3. The van der Waals surface area contributed by atoms with E-state index in [4.69, 9.17) is 32.3 Å². The Morgan fingerprint density at radius 2 is 0.478 bits per heavy atom. The number of carbonyl (C=O) groups excluding carboxylic acids is 3. The molecular weight excluding hydrogens is 1460 g/mol. The molecule has 18 heteroatoms. The Kier molecular flexibility index (Phi) is 82.8. The fourth-order valence-electron chi connectivity index (χ4n) is 11.9. The van der Waals surface area contributed by atoms with Gasteiger partial charge >= 0.3 is 33.6 Å². The minimum absolute atomic E-state index is 0.0209. The number of aliphatic hydroxyl groups excluding tert-OH is 2. The van der Waals surface area contributed by atoms with E-state index >= 15 is 0 Å². The zero-order chi connectivity index (χ0) is 82.2. The number of carbonyl (C=O) groups is 3. The van der Waals surface area contributed by atoms with Gasteiger partial charge < -0.3 is 34.2 Å². The van der Waals surface area contributed by atoms with Crippen molar-refractivity contribution in [2.24, 2.45) is 0 Å². The maximum atomic E-state index is 13.0. The topological polar surface area (TPSA) is 231 Å². The predicted molar refractivity (Wildman–Crippen MR) is 472 cm³/mol. The maximum absolute atomic E-state index is 13.0. The van der Waals surface area contributed by atoms with Gasteiger partial charge in [-0.25, -0.2) is 9.13 Å². The van der Waals surface area contributed by atoms with E-state index in [1.807, 2.05) is 12.2 Å². The van der Waals surface area contributed by atoms with Crippen molar-refractivity contribution in [2.45, 2.75) is 386 Å². The third kappa shape index (κ3) is 87.8. The summed E-state index contributed by atoms with van der Waals surface area (Å²) in [6.45, 7) is 2.46. The third-order valence-corrected chi connectivity index (χ3v) is 20.6. The largest absolute Gasteiger partial charge is 0.472 e. The van der Waals surface area contributed by atoms with Crippen LogP contribution in [0.25, 0.3) is 0 Å². The average molecular weight is 1620 g/mol. The minimum atomic E-state index is -4.96. The molecular formula is C95H162O16P2. The van der Waals surface area contributed by atoms with Crippen LogP contribution in [0, 0.1) is 0 Å². The molecule has 0 radical (unpaired) electrons. The summed E-state index contributed by atoms with van der Waals surface area (Å²) in [5.74, 6) is -1.65. The van der Waals surface area contributed by atoms with E-state index in [0.29, 0.717) is 25.7 Å². The molecule has 0 saturated heterocycles. The highest BCUT2D eigenvalue weighted by Crippen LogP contribution is 2.45. The number of allylic oxidation sites excluding steroid dienone is 26. The van der Waals surface area contributed by atoms with Crippen LogP contribution < -0.4 is 0 Å². The maximum Gasteiger partial charge on any atom is 0.472 e. The first kappa shape index (κ1) is 108. The monoisotopic (exact) mass is 1620 g/mol. The Hall–Kier alpha value is -4.83. The van der Waals surface area contributed by atoms with E-state index < -0.39 is 91.5 Å². The first-order valence-corrected chi connectivity index (χ1v) is 47.8. The van der Waals surface area contributed by atoms with Crippen molar-refractivity contribution in [1.29, 1.82) is 0 Å². The van der Waals surface area contributed by atoms with Crippen molar-refractivity contribution >= 4 is 33.6 Å². The Bertz CT molecular complexity index is 2680. The summed E-state index contributed by atoms with van der Waals surface area (Å²) in [6, 6.07) is 0. The molecule has 648 valence electrons. The highest BCUT2D eigenvalue weighted by molar-refractivity contribution is 7.47. The fourth-order valence-corrected chi connectivity index (χ4v) is 13.5. The van der Waals surface area contributed by atoms with Gasteiger partial charge in [-0.15, -0.1) is 0 Å². The van der Waals surface area contributed by atoms with Crippen molar-refractivity contribution in [3.05, 3.63) is 158 Å². The van der Waals surface area contributed by atoms with E-state index in [2.05, 4.69) is 167 Å². The van der Waals surface area contributed by atoms with Crippen molar-refractivity contribution < 1.29 is 75.8 Å². The highest BCUT2D eigenvalue weighted by atomic mass is 31.2. The number of aliphatic hydroxyl groups is 2. The summed E-state index contributed by atoms with van der Waals surface area (Å²) in [6.07, 6.45) is 110. The highest BCUT2D eigenvalue weighted by Gasteiger charge is 2.29. The number of phosphoric acid groups is 2. The molecule has 0 aliphatic carbocycles. The standard InChI is InChI=1S/C95H162O16P2/c1-4-7-10-13-16-19-22-25-28-31-33-35-37-39-40-41-42-43-44-45-46-47-48-50-52-53-55-58-60-63-66-69-72-75-78-81-93(98)105-84-90(96)85-107-112(101,102)108-86-91(97)87-109-113(103,104)110-89-92(111-95(100)83-80-77-74-71-68-65-62-57-30-27-24-21-18-15-12-9-6-3)88-106-94(99)82-79-76-73-70-67-64-61-59-56-54-51-49-38-36-34-32-29-26-23-20-17-14-11-8-5-2/h9,12,16-21,25-30,33-36,39-40,49,51,62,65,71,74,90-92,96-97H,4-8,10-11,13-15,22-24,31-32,37-38,41-48,50,52-61,63-64,66-70,72-73,75-89H2,1-3H3,(H,101,102)(H,103,104)/b12-9-,19-16-,20-17-,21-18-,28-25-,29-26-,30-27-,35-33-,36-34-,40-39-,51-49-,65-62-,74-71-. The van der Waals surface area contributed by atoms with Crippen molar-refractivity contribution in [3.63, 3.8) is 0 Å². The van der Waals surface area contributed by atoms with Gasteiger partial charge in [0.25, 0.3) is 0 Å². The van der Waals surface area contributed by atoms with Crippen molar-refractivity contribution in [3.8, 4) is 0 Å². The van der Waals surface area contributed by atoms with Crippen LogP contribution in [0.15, 0.2) is 158 Å². The second-order valence-electron chi connectivity index (χ2n) is 29.7. The van der Waals surface area contributed by atoms with Gasteiger partial charge in [-0.3, -0.25) is 32.5 Å². The molecule has 5 unspecified atom stereocenters. The Labute approximate surface area is 689 Å². The smallest absolute Gasteiger partial charge is 0.463 e. The van der Waals surface area contributed by atoms with Gasteiger partial charge in [0, 0.05) is 19.3 Å². The lowest BCUT2D eigenvalue weighted by atomic mass is 10.0. The van der Waals surface area contributed by atoms with Gasteiger partial charge in [0.1, 0.15) is 25.4 Å². The van der Waals surface area contributed by atoms with Crippen LogP contribution in [0.3, 0.4) is 0 Å². The Balaban J connectivity index is 4.50. The van der Waals surface area contributed by atoms with Gasteiger partial charge in [-0.05, 0) is 148 Å². The summed E-state index contributed by atoms with van der Waals surface area (Å²) in [5, 5.41) is 20.7. The van der Waals surface area contributed by atoms with Crippen LogP contribution in [-0.2, 0) is 55.8 Å². The number of hydrogen-bond acceptors (Lipinski definition) is 14. The molecule has 113 heavy (non-hydrogen) atoms. The van der Waals surface area contributed by atoms with E-state index in [0.717, 1.165) is 122 Å². The van der Waals surface area contributed by atoms with E-state index in [1.165, 1.54) is 180 Å². The molecule has 0 aromatic heterocycles. The molecule has 0 aromatic rings. The molecule has 0 aromatic carbocycles. The molecule has 0 spiro atoms. The first-order valence-electron chi connectivity index (χ1n) is 44.8. The number of rotatable bonds is 84. The lowest BCUT2D eigenvalue weighted by molar-refractivity contribution is -0.161. The molecule has 0 amide bonds. The van der Waals surface area contributed by atoms with E-state index in [1.54, 1.807) is 0 Å². The zero-order valence-electron chi connectivity index (χ0n) is 71.3. The van der Waals surface area contributed by atoms with Crippen LogP contribution in [-0.4, -0.2) is 95.9 Å². The molecule has 5 atom stereocenters. The zero-order valence-corrected chi connectivity index (χ0v) is 73.0. The molecule has 16 nitrogen and oxygen atoms in total. The van der Waals surface area contributed by atoms with Gasteiger partial charge in [-0.2, -0.15) is 0 Å².